The molecule has 6 rings (SSSR count). The molecule has 0 radical (unpaired) electrons. The number of amides is 1. The van der Waals surface area contributed by atoms with Crippen LogP contribution in [0.2, 0.25) is 5.02 Å². The SMILES string of the molecule is CO[C@@H](C(=O)O)[C@@H]1/C=C/[C@@H]2CC[C@H]2CN2C[C@@]3(CCCc4cc(Cl)ccc43)COc3ccc(cc32)C(=O)NS(=O)(=O)[C@H](C)[C@@H](C)C1. The van der Waals surface area contributed by atoms with Crippen LogP contribution in [0.4, 0.5) is 5.69 Å². The third kappa shape index (κ3) is 6.28. The highest BCUT2D eigenvalue weighted by molar-refractivity contribution is 7.90. The maximum Gasteiger partial charge on any atom is 0.333 e. The lowest BCUT2D eigenvalue weighted by Gasteiger charge is -2.44. The summed E-state index contributed by atoms with van der Waals surface area (Å²) in [6.45, 7) is 5.18. The Balaban J connectivity index is 1.42. The summed E-state index contributed by atoms with van der Waals surface area (Å²) in [5.74, 6) is -1.60. The fraction of sp³-hybridized carbons (Fsp3) is 0.543. The molecule has 1 amide bonds. The van der Waals surface area contributed by atoms with Gasteiger partial charge in [-0.05, 0) is 105 Å². The van der Waals surface area contributed by atoms with E-state index in [0.717, 1.165) is 37.8 Å². The second-order valence-electron chi connectivity index (χ2n) is 13.7. The van der Waals surface area contributed by atoms with Gasteiger partial charge in [0.2, 0.25) is 10.0 Å². The molecule has 1 spiro atoms. The Morgan fingerprint density at radius 2 is 1.98 bits per heavy atom. The van der Waals surface area contributed by atoms with E-state index in [2.05, 4.69) is 27.8 Å². The van der Waals surface area contributed by atoms with Crippen molar-refractivity contribution in [3.05, 3.63) is 70.3 Å². The van der Waals surface area contributed by atoms with Gasteiger partial charge in [0.25, 0.3) is 5.91 Å². The number of carboxylic acids is 1. The topological polar surface area (TPSA) is 122 Å². The number of sulfonamides is 1. The minimum absolute atomic E-state index is 0.227. The molecule has 0 aromatic heterocycles. The number of ether oxygens (including phenoxy) is 2. The third-order valence-corrected chi connectivity index (χ3v) is 13.0. The summed E-state index contributed by atoms with van der Waals surface area (Å²) < 4.78 is 41.1. The summed E-state index contributed by atoms with van der Waals surface area (Å²) >= 11 is 6.40. The highest BCUT2D eigenvalue weighted by Crippen LogP contribution is 2.46. The molecule has 7 atom stereocenters. The molecule has 46 heavy (non-hydrogen) atoms. The zero-order chi connectivity index (χ0) is 32.8. The lowest BCUT2D eigenvalue weighted by atomic mass is 9.69. The van der Waals surface area contributed by atoms with Gasteiger partial charge in [0.15, 0.2) is 6.10 Å². The largest absolute Gasteiger partial charge is 0.490 e. The summed E-state index contributed by atoms with van der Waals surface area (Å²) in [7, 11) is -2.73. The molecule has 4 aliphatic rings. The van der Waals surface area contributed by atoms with Gasteiger partial charge in [0.1, 0.15) is 5.75 Å². The molecular weight excluding hydrogens is 628 g/mol. The number of anilines is 1. The average Bonchev–Trinajstić information content (AvgIpc) is 3.15. The molecule has 9 nitrogen and oxygen atoms in total. The highest BCUT2D eigenvalue weighted by atomic mass is 35.5. The van der Waals surface area contributed by atoms with Gasteiger partial charge in [0, 0.05) is 42.1 Å². The first-order chi connectivity index (χ1) is 21.9. The third-order valence-electron chi connectivity index (χ3n) is 10.9. The minimum atomic E-state index is -4.09. The van der Waals surface area contributed by atoms with Crippen molar-refractivity contribution in [2.75, 3.05) is 31.7 Å². The van der Waals surface area contributed by atoms with Crippen LogP contribution in [-0.4, -0.2) is 63.6 Å². The number of aryl methyl sites for hydroxylation is 1. The number of halogens is 1. The zero-order valence-corrected chi connectivity index (χ0v) is 28.1. The molecular formula is C35H43ClN2O7S. The molecule has 248 valence electrons. The number of carbonyl (C=O) groups is 2. The predicted octanol–water partition coefficient (Wildman–Crippen LogP) is 5.60. The smallest absolute Gasteiger partial charge is 0.333 e. The molecule has 0 unspecified atom stereocenters. The summed E-state index contributed by atoms with van der Waals surface area (Å²) in [5, 5.41) is 9.69. The zero-order valence-electron chi connectivity index (χ0n) is 26.6. The van der Waals surface area contributed by atoms with Gasteiger partial charge < -0.3 is 19.5 Å². The van der Waals surface area contributed by atoms with Crippen molar-refractivity contribution >= 4 is 39.2 Å². The Morgan fingerprint density at radius 1 is 1.17 bits per heavy atom. The molecule has 2 aliphatic carbocycles. The average molecular weight is 671 g/mol. The van der Waals surface area contributed by atoms with Crippen molar-refractivity contribution in [2.24, 2.45) is 23.7 Å². The number of allylic oxidation sites excluding steroid dienone is 1. The summed E-state index contributed by atoms with van der Waals surface area (Å²) in [5.41, 5.74) is 3.19. The van der Waals surface area contributed by atoms with Gasteiger partial charge in [-0.25, -0.2) is 17.9 Å². The van der Waals surface area contributed by atoms with Gasteiger partial charge in [0.05, 0.1) is 17.5 Å². The fourth-order valence-electron chi connectivity index (χ4n) is 7.87. The first kappa shape index (κ1) is 32.8. The molecule has 2 heterocycles. The maximum absolute atomic E-state index is 13.5. The van der Waals surface area contributed by atoms with Crippen LogP contribution in [0.3, 0.4) is 0 Å². The first-order valence-corrected chi connectivity index (χ1v) is 18.1. The van der Waals surface area contributed by atoms with Gasteiger partial charge in [-0.3, -0.25) is 4.79 Å². The molecule has 1 saturated carbocycles. The van der Waals surface area contributed by atoms with Crippen LogP contribution in [0.5, 0.6) is 5.75 Å². The number of methoxy groups -OCH3 is 1. The van der Waals surface area contributed by atoms with E-state index in [9.17, 15) is 23.1 Å². The molecule has 2 N–H and O–H groups in total. The van der Waals surface area contributed by atoms with Gasteiger partial charge in [-0.15, -0.1) is 0 Å². The van der Waals surface area contributed by atoms with Crippen molar-refractivity contribution in [1.82, 2.24) is 4.72 Å². The highest BCUT2D eigenvalue weighted by Gasteiger charge is 2.43. The number of nitrogens with one attached hydrogen (secondary N) is 1. The Morgan fingerprint density at radius 3 is 2.70 bits per heavy atom. The minimum Gasteiger partial charge on any atom is -0.490 e. The number of benzene rings is 2. The van der Waals surface area contributed by atoms with Crippen molar-refractivity contribution in [3.8, 4) is 5.75 Å². The van der Waals surface area contributed by atoms with Gasteiger partial charge in [-0.1, -0.05) is 36.7 Å². The van der Waals surface area contributed by atoms with Crippen LogP contribution in [0, 0.1) is 23.7 Å². The summed E-state index contributed by atoms with van der Waals surface area (Å²) in [4.78, 5) is 28.0. The molecule has 2 aromatic rings. The number of carboxylic acid groups (broad SMARTS) is 1. The van der Waals surface area contributed by atoms with Crippen LogP contribution in [0.15, 0.2) is 48.6 Å². The number of nitrogens with zero attached hydrogens (tertiary/aromatic N) is 1. The molecule has 2 bridgehead atoms. The van der Waals surface area contributed by atoms with E-state index in [1.165, 1.54) is 18.2 Å². The van der Waals surface area contributed by atoms with Crippen LogP contribution in [0.1, 0.15) is 67.4 Å². The molecule has 2 aliphatic heterocycles. The van der Waals surface area contributed by atoms with Crippen molar-refractivity contribution in [1.29, 1.82) is 0 Å². The maximum atomic E-state index is 13.5. The van der Waals surface area contributed by atoms with E-state index < -0.39 is 45.1 Å². The van der Waals surface area contributed by atoms with Crippen LogP contribution >= 0.6 is 11.6 Å². The van der Waals surface area contributed by atoms with E-state index in [1.54, 1.807) is 32.0 Å². The second-order valence-corrected chi connectivity index (χ2v) is 16.2. The van der Waals surface area contributed by atoms with E-state index in [-0.39, 0.29) is 23.3 Å². The van der Waals surface area contributed by atoms with E-state index in [4.69, 9.17) is 21.1 Å². The van der Waals surface area contributed by atoms with Crippen LogP contribution < -0.4 is 14.4 Å². The van der Waals surface area contributed by atoms with Crippen molar-refractivity contribution in [3.63, 3.8) is 0 Å². The number of hydrogen-bond donors (Lipinski definition) is 2. The fourth-order valence-corrected chi connectivity index (χ4v) is 9.35. The lowest BCUT2D eigenvalue weighted by molar-refractivity contribution is -0.151. The number of aliphatic carboxylic acids is 1. The molecule has 11 heteroatoms. The summed E-state index contributed by atoms with van der Waals surface area (Å²) in [6.07, 6.45) is 8.08. The predicted molar refractivity (Wildman–Crippen MR) is 177 cm³/mol. The Kier molecular flexibility index (Phi) is 9.17. The second kappa shape index (κ2) is 12.8. The quantitative estimate of drug-likeness (QED) is 0.405. The van der Waals surface area contributed by atoms with E-state index in [0.29, 0.717) is 36.4 Å². The Bertz CT molecular complexity index is 1650. The van der Waals surface area contributed by atoms with E-state index in [1.807, 2.05) is 12.1 Å². The Labute approximate surface area is 276 Å². The molecule has 2 aromatic carbocycles. The van der Waals surface area contributed by atoms with E-state index >= 15 is 0 Å². The summed E-state index contributed by atoms with van der Waals surface area (Å²) in [6, 6.07) is 11.3. The van der Waals surface area contributed by atoms with Crippen LogP contribution in [0.25, 0.3) is 0 Å². The van der Waals surface area contributed by atoms with Gasteiger partial charge in [-0.2, -0.15) is 0 Å². The number of fused-ring (bicyclic) bond motifs is 4. The monoisotopic (exact) mass is 670 g/mol. The number of hydrogen-bond acceptors (Lipinski definition) is 7. The van der Waals surface area contributed by atoms with Crippen molar-refractivity contribution < 1.29 is 32.6 Å². The number of rotatable bonds is 3. The first-order valence-electron chi connectivity index (χ1n) is 16.2. The lowest BCUT2D eigenvalue weighted by Crippen LogP contribution is -2.48. The van der Waals surface area contributed by atoms with Crippen LogP contribution in [-0.2, 0) is 31.4 Å². The molecule has 1 fully saturated rings. The normalized spacial score (nSPS) is 32.0. The number of carbonyl (C=O) groups excluding carboxylic acids is 1. The van der Waals surface area contributed by atoms with Crippen molar-refractivity contribution in [2.45, 2.75) is 69.1 Å². The standard InChI is InChI=1S/C35H43ClN2O7S/c1-21-15-25(32(44-3)34(40)41)8-6-23-7-9-27(23)18-38-19-35(14-4-5-24-16-28(36)11-12-29(24)35)20-45-31-13-10-26(17-30(31)38)33(39)37-46(42,43)22(21)2/h6,8,10-13,16-17,21-23,25,27,32H,4-5,7,9,14-15,18-20H2,1-3H3,(H,37,39)(H,40,41)/b8-6+/t21-,22+,23+,25+,27-,32+,35-/m0/s1. The Hall–Kier alpha value is -3.08. The molecule has 0 saturated heterocycles. The van der Waals surface area contributed by atoms with Gasteiger partial charge >= 0.3 is 5.97 Å².